The second-order valence-electron chi connectivity index (χ2n) is 3.18. The molecule has 5 nitrogen and oxygen atoms in total. The molecule has 0 unspecified atom stereocenters. The molecule has 2 rings (SSSR count). The molecule has 0 aliphatic carbocycles. The molecule has 15 heavy (non-hydrogen) atoms. The van der Waals surface area contributed by atoms with Crippen molar-refractivity contribution in [2.24, 2.45) is 0 Å². The number of anilines is 1. The third kappa shape index (κ3) is 1.38. The first-order valence-electron chi connectivity index (χ1n) is 4.33. The van der Waals surface area contributed by atoms with E-state index in [0.717, 1.165) is 4.90 Å². The number of rotatable bonds is 2. The number of nitrogens with one attached hydrogen (secondary N) is 1. The molecule has 0 radical (unpaired) electrons. The molecule has 1 aromatic carbocycles. The monoisotopic (exact) mass is 204 g/mol. The minimum atomic E-state index is -1.09. The highest BCUT2D eigenvalue weighted by Gasteiger charge is 2.33. The third-order valence-corrected chi connectivity index (χ3v) is 2.22. The number of carbonyl (C=O) groups is 2. The van der Waals surface area contributed by atoms with Gasteiger partial charge in [-0.05, 0) is 6.07 Å². The van der Waals surface area contributed by atoms with Crippen LogP contribution >= 0.6 is 0 Å². The molecular formula is C10H8N2O3. The minimum absolute atomic E-state index is 0.146. The number of hydrogen-bond acceptors (Lipinski definition) is 3. The number of fused-ring (bicyclic) bond motifs is 1. The van der Waals surface area contributed by atoms with E-state index in [2.05, 4.69) is 0 Å². The number of carboxylic acid groups (broad SMARTS) is 1. The predicted molar refractivity (Wildman–Crippen MR) is 53.3 cm³/mol. The van der Waals surface area contributed by atoms with Crippen molar-refractivity contribution in [2.75, 3.05) is 11.4 Å². The van der Waals surface area contributed by atoms with E-state index in [0.29, 0.717) is 11.3 Å². The number of hydrogen-bond donors (Lipinski definition) is 2. The fourth-order valence-electron chi connectivity index (χ4n) is 1.57. The van der Waals surface area contributed by atoms with E-state index in [4.69, 9.17) is 10.5 Å². The average molecular weight is 204 g/mol. The summed E-state index contributed by atoms with van der Waals surface area (Å²) in [4.78, 5) is 23.2. The van der Waals surface area contributed by atoms with Gasteiger partial charge in [-0.15, -0.1) is 0 Å². The molecule has 0 aromatic heterocycles. The van der Waals surface area contributed by atoms with Gasteiger partial charge in [0, 0.05) is 5.56 Å². The van der Waals surface area contributed by atoms with Crippen LogP contribution in [-0.4, -0.2) is 29.2 Å². The number of amides is 1. The highest BCUT2D eigenvalue weighted by atomic mass is 16.4. The zero-order valence-electron chi connectivity index (χ0n) is 7.73. The lowest BCUT2D eigenvalue weighted by Crippen LogP contribution is -2.34. The molecule has 2 N–H and O–H groups in total. The van der Waals surface area contributed by atoms with E-state index in [1.165, 1.54) is 0 Å². The number of para-hydroxylation sites is 1. The Balaban J connectivity index is 2.47. The van der Waals surface area contributed by atoms with Crippen LogP contribution in [0.15, 0.2) is 24.3 Å². The SMILES string of the molecule is N=C1C(=O)N(CC(=O)O)c2ccccc21. The summed E-state index contributed by atoms with van der Waals surface area (Å²) in [7, 11) is 0. The topological polar surface area (TPSA) is 81.5 Å². The van der Waals surface area contributed by atoms with Crippen LogP contribution < -0.4 is 4.90 Å². The maximum absolute atomic E-state index is 11.5. The Labute approximate surface area is 85.4 Å². The van der Waals surface area contributed by atoms with Crippen molar-refractivity contribution in [3.8, 4) is 0 Å². The molecule has 0 spiro atoms. The molecule has 0 fully saturated rings. The maximum atomic E-state index is 11.5. The third-order valence-electron chi connectivity index (χ3n) is 2.22. The smallest absolute Gasteiger partial charge is 0.323 e. The van der Waals surface area contributed by atoms with Crippen LogP contribution in [0, 0.1) is 5.41 Å². The van der Waals surface area contributed by atoms with E-state index in [1.807, 2.05) is 0 Å². The molecule has 1 aliphatic rings. The summed E-state index contributed by atoms with van der Waals surface area (Å²) in [6, 6.07) is 6.69. The highest BCUT2D eigenvalue weighted by Crippen LogP contribution is 2.27. The Morgan fingerprint density at radius 2 is 2.07 bits per heavy atom. The molecule has 1 aliphatic heterocycles. The molecule has 0 saturated heterocycles. The quantitative estimate of drug-likeness (QED) is 0.735. The molecular weight excluding hydrogens is 196 g/mol. The van der Waals surface area contributed by atoms with Crippen molar-refractivity contribution in [3.63, 3.8) is 0 Å². The highest BCUT2D eigenvalue weighted by molar-refractivity contribution is 6.53. The second kappa shape index (κ2) is 3.20. The first-order chi connectivity index (χ1) is 7.11. The van der Waals surface area contributed by atoms with Gasteiger partial charge in [-0.2, -0.15) is 0 Å². The van der Waals surface area contributed by atoms with E-state index in [-0.39, 0.29) is 5.71 Å². The Hall–Kier alpha value is -2.17. The lowest BCUT2D eigenvalue weighted by Gasteiger charge is -2.13. The van der Waals surface area contributed by atoms with Gasteiger partial charge in [-0.25, -0.2) is 0 Å². The first-order valence-corrected chi connectivity index (χ1v) is 4.33. The molecule has 0 atom stereocenters. The van der Waals surface area contributed by atoms with Gasteiger partial charge in [-0.3, -0.25) is 19.9 Å². The summed E-state index contributed by atoms with van der Waals surface area (Å²) < 4.78 is 0. The molecule has 0 saturated carbocycles. The van der Waals surface area contributed by atoms with E-state index in [1.54, 1.807) is 24.3 Å². The van der Waals surface area contributed by atoms with Gasteiger partial charge >= 0.3 is 5.97 Å². The summed E-state index contributed by atoms with van der Waals surface area (Å²) >= 11 is 0. The van der Waals surface area contributed by atoms with Crippen LogP contribution in [0.5, 0.6) is 0 Å². The van der Waals surface area contributed by atoms with Gasteiger partial charge in [-0.1, -0.05) is 18.2 Å². The average Bonchev–Trinajstić information content (AvgIpc) is 2.44. The fraction of sp³-hybridized carbons (Fsp3) is 0.100. The number of aliphatic carboxylic acids is 1. The van der Waals surface area contributed by atoms with Crippen LogP contribution in [-0.2, 0) is 9.59 Å². The molecule has 1 heterocycles. The van der Waals surface area contributed by atoms with Gasteiger partial charge in [0.05, 0.1) is 5.69 Å². The minimum Gasteiger partial charge on any atom is -0.480 e. The Morgan fingerprint density at radius 3 is 2.73 bits per heavy atom. The van der Waals surface area contributed by atoms with Crippen LogP contribution in [0.2, 0.25) is 0 Å². The van der Waals surface area contributed by atoms with Crippen LogP contribution in [0.1, 0.15) is 5.56 Å². The predicted octanol–water partition coefficient (Wildman–Crippen LogP) is 0.486. The normalized spacial score (nSPS) is 14.3. The molecule has 1 aromatic rings. The van der Waals surface area contributed by atoms with Gasteiger partial charge in [0.25, 0.3) is 5.91 Å². The number of benzene rings is 1. The first kappa shape index (κ1) is 9.39. The lowest BCUT2D eigenvalue weighted by atomic mass is 10.1. The van der Waals surface area contributed by atoms with Crippen LogP contribution in [0.4, 0.5) is 5.69 Å². The number of carboxylic acids is 1. The Kier molecular flexibility index (Phi) is 2.00. The summed E-state index contributed by atoms with van der Waals surface area (Å²) in [6.07, 6.45) is 0. The van der Waals surface area contributed by atoms with Gasteiger partial charge in [0.15, 0.2) is 0 Å². The summed E-state index contributed by atoms with van der Waals surface area (Å²) in [5, 5.41) is 16.2. The van der Waals surface area contributed by atoms with Crippen molar-refractivity contribution < 1.29 is 14.7 Å². The van der Waals surface area contributed by atoms with E-state index >= 15 is 0 Å². The van der Waals surface area contributed by atoms with Gasteiger partial charge in [0.1, 0.15) is 12.3 Å². The standard InChI is InChI=1S/C10H8N2O3/c11-9-6-3-1-2-4-7(6)12(10(9)15)5-8(13)14/h1-4,11H,5H2,(H,13,14). The summed E-state index contributed by atoms with van der Waals surface area (Å²) in [6.45, 7) is -0.405. The van der Waals surface area contributed by atoms with Gasteiger partial charge in [0.2, 0.25) is 0 Å². The number of nitrogens with zero attached hydrogens (tertiary/aromatic N) is 1. The zero-order valence-corrected chi connectivity index (χ0v) is 7.73. The Bertz CT molecular complexity index is 467. The van der Waals surface area contributed by atoms with Crippen molar-refractivity contribution in [3.05, 3.63) is 29.8 Å². The summed E-state index contributed by atoms with van der Waals surface area (Å²) in [5.41, 5.74) is 0.838. The largest absolute Gasteiger partial charge is 0.480 e. The lowest BCUT2D eigenvalue weighted by molar-refractivity contribution is -0.136. The van der Waals surface area contributed by atoms with E-state index < -0.39 is 18.4 Å². The molecule has 76 valence electrons. The van der Waals surface area contributed by atoms with Gasteiger partial charge < -0.3 is 5.11 Å². The summed E-state index contributed by atoms with van der Waals surface area (Å²) in [5.74, 6) is -1.65. The van der Waals surface area contributed by atoms with Crippen LogP contribution in [0.25, 0.3) is 0 Å². The van der Waals surface area contributed by atoms with Crippen molar-refractivity contribution in [1.29, 1.82) is 5.41 Å². The van der Waals surface area contributed by atoms with E-state index in [9.17, 15) is 9.59 Å². The van der Waals surface area contributed by atoms with Crippen molar-refractivity contribution >= 4 is 23.3 Å². The zero-order chi connectivity index (χ0) is 11.0. The molecule has 1 amide bonds. The second-order valence-corrected chi connectivity index (χ2v) is 3.18. The molecule has 0 bridgehead atoms. The fourth-order valence-corrected chi connectivity index (χ4v) is 1.57. The molecule has 5 heteroatoms. The maximum Gasteiger partial charge on any atom is 0.323 e. The van der Waals surface area contributed by atoms with Crippen molar-refractivity contribution in [1.82, 2.24) is 0 Å². The Morgan fingerprint density at radius 1 is 1.40 bits per heavy atom. The number of carbonyl (C=O) groups excluding carboxylic acids is 1. The van der Waals surface area contributed by atoms with Crippen molar-refractivity contribution in [2.45, 2.75) is 0 Å². The van der Waals surface area contributed by atoms with Crippen LogP contribution in [0.3, 0.4) is 0 Å².